The van der Waals surface area contributed by atoms with Gasteiger partial charge in [0.2, 0.25) is 0 Å². The molecule has 0 radical (unpaired) electrons. The maximum absolute atomic E-state index is 12.6. The van der Waals surface area contributed by atoms with Gasteiger partial charge in [-0.05, 0) is 43.5 Å². The van der Waals surface area contributed by atoms with Gasteiger partial charge >= 0.3 is 0 Å². The molecule has 3 aromatic rings. The van der Waals surface area contributed by atoms with E-state index in [4.69, 9.17) is 4.42 Å². The Morgan fingerprint density at radius 1 is 1.33 bits per heavy atom. The highest BCUT2D eigenvalue weighted by molar-refractivity contribution is 5.75. The summed E-state index contributed by atoms with van der Waals surface area (Å²) in [6.07, 6.45) is 8.92. The summed E-state index contributed by atoms with van der Waals surface area (Å²) in [7, 11) is 0. The lowest BCUT2D eigenvalue weighted by molar-refractivity contribution is 0.146. The zero-order valence-corrected chi connectivity index (χ0v) is 13.5. The molecule has 1 saturated heterocycles. The Hall–Kier alpha value is -2.47. The third-order valence-electron chi connectivity index (χ3n) is 4.65. The molecule has 6 nitrogen and oxygen atoms in total. The van der Waals surface area contributed by atoms with Crippen LogP contribution >= 0.6 is 0 Å². The fourth-order valence-corrected chi connectivity index (χ4v) is 3.48. The van der Waals surface area contributed by atoms with Crippen molar-refractivity contribution in [3.05, 3.63) is 59.3 Å². The predicted molar refractivity (Wildman–Crippen MR) is 90.5 cm³/mol. The summed E-state index contributed by atoms with van der Waals surface area (Å²) < 4.78 is 7.18. The Labute approximate surface area is 139 Å². The van der Waals surface area contributed by atoms with E-state index in [9.17, 15) is 4.79 Å². The third-order valence-corrected chi connectivity index (χ3v) is 4.65. The average molecular weight is 324 g/mol. The Kier molecular flexibility index (Phi) is 4.13. The van der Waals surface area contributed by atoms with Gasteiger partial charge in [-0.3, -0.25) is 19.2 Å². The van der Waals surface area contributed by atoms with Crippen molar-refractivity contribution >= 4 is 10.9 Å². The van der Waals surface area contributed by atoms with Gasteiger partial charge in [-0.2, -0.15) is 0 Å². The van der Waals surface area contributed by atoms with Gasteiger partial charge in [0, 0.05) is 19.3 Å². The molecule has 1 atom stereocenters. The lowest BCUT2D eigenvalue weighted by atomic mass is 9.98. The summed E-state index contributed by atoms with van der Waals surface area (Å²) in [5.41, 5.74) is 0.674. The van der Waals surface area contributed by atoms with Crippen LogP contribution in [0.5, 0.6) is 0 Å². The smallest absolute Gasteiger partial charge is 0.261 e. The molecule has 1 fully saturated rings. The number of hydrogen-bond donors (Lipinski definition) is 0. The van der Waals surface area contributed by atoms with Crippen molar-refractivity contribution in [3.63, 3.8) is 0 Å². The fourth-order valence-electron chi connectivity index (χ4n) is 3.48. The maximum Gasteiger partial charge on any atom is 0.261 e. The summed E-state index contributed by atoms with van der Waals surface area (Å²) >= 11 is 0. The monoisotopic (exact) mass is 324 g/mol. The summed E-state index contributed by atoms with van der Waals surface area (Å²) in [6.45, 7) is 3.59. The van der Waals surface area contributed by atoms with Gasteiger partial charge in [0.15, 0.2) is 0 Å². The predicted octanol–water partition coefficient (Wildman–Crippen LogP) is 2.30. The molecule has 0 bridgehead atoms. The molecule has 0 spiro atoms. The minimum absolute atomic E-state index is 0.0190. The van der Waals surface area contributed by atoms with Gasteiger partial charge in [-0.25, -0.2) is 4.98 Å². The molecule has 0 aromatic carbocycles. The van der Waals surface area contributed by atoms with Gasteiger partial charge in [0.05, 0.1) is 36.2 Å². The van der Waals surface area contributed by atoms with E-state index in [2.05, 4.69) is 14.9 Å². The Morgan fingerprint density at radius 2 is 2.29 bits per heavy atom. The molecule has 0 saturated carbocycles. The number of furan rings is 1. The Morgan fingerprint density at radius 3 is 3.17 bits per heavy atom. The lowest BCUT2D eigenvalue weighted by Gasteiger charge is -2.32. The molecular weight excluding hydrogens is 304 g/mol. The van der Waals surface area contributed by atoms with Crippen LogP contribution in [0.4, 0.5) is 0 Å². The van der Waals surface area contributed by atoms with E-state index >= 15 is 0 Å². The molecule has 24 heavy (non-hydrogen) atoms. The van der Waals surface area contributed by atoms with E-state index in [-0.39, 0.29) is 5.56 Å². The molecule has 0 unspecified atom stereocenters. The quantitative estimate of drug-likeness (QED) is 0.737. The van der Waals surface area contributed by atoms with Crippen LogP contribution in [0.3, 0.4) is 0 Å². The summed E-state index contributed by atoms with van der Waals surface area (Å²) in [4.78, 5) is 23.4. The molecule has 3 aromatic heterocycles. The van der Waals surface area contributed by atoms with Crippen molar-refractivity contribution < 1.29 is 4.42 Å². The van der Waals surface area contributed by atoms with Crippen LogP contribution in [0.2, 0.25) is 0 Å². The van der Waals surface area contributed by atoms with Gasteiger partial charge in [0.25, 0.3) is 5.56 Å². The van der Waals surface area contributed by atoms with Crippen LogP contribution in [0, 0.1) is 5.92 Å². The second-order valence-electron chi connectivity index (χ2n) is 6.42. The fraction of sp³-hybridized carbons (Fsp3) is 0.389. The molecule has 1 aliphatic rings. The number of likely N-dealkylation sites (tertiary alicyclic amines) is 1. The molecule has 1 aliphatic heterocycles. The normalized spacial score (nSPS) is 18.9. The van der Waals surface area contributed by atoms with E-state index in [1.165, 1.54) is 0 Å². The molecule has 0 amide bonds. The number of aromatic nitrogens is 3. The highest BCUT2D eigenvalue weighted by Gasteiger charge is 2.21. The van der Waals surface area contributed by atoms with Crippen molar-refractivity contribution in [1.29, 1.82) is 0 Å². The van der Waals surface area contributed by atoms with E-state index < -0.39 is 0 Å². The first-order chi connectivity index (χ1) is 11.8. The van der Waals surface area contributed by atoms with Crippen molar-refractivity contribution in [2.45, 2.75) is 25.9 Å². The second-order valence-corrected chi connectivity index (χ2v) is 6.42. The number of nitrogens with zero attached hydrogens (tertiary/aromatic N) is 4. The third kappa shape index (κ3) is 3.10. The van der Waals surface area contributed by atoms with E-state index in [1.54, 1.807) is 35.6 Å². The summed E-state index contributed by atoms with van der Waals surface area (Å²) in [5, 5.41) is 0.635. The van der Waals surface area contributed by atoms with E-state index in [0.29, 0.717) is 23.4 Å². The van der Waals surface area contributed by atoms with Gasteiger partial charge in [-0.15, -0.1) is 0 Å². The van der Waals surface area contributed by atoms with Crippen molar-refractivity contribution in [1.82, 2.24) is 19.4 Å². The molecule has 6 heteroatoms. The van der Waals surface area contributed by atoms with Crippen LogP contribution in [0.15, 0.2) is 52.4 Å². The zero-order valence-electron chi connectivity index (χ0n) is 13.5. The molecule has 0 N–H and O–H groups in total. The number of piperidine rings is 1. The largest absolute Gasteiger partial charge is 0.468 e. The SMILES string of the molecule is O=c1c2ccncc2ncn1C[C@H]1CCCN(Cc2ccco2)C1. The summed E-state index contributed by atoms with van der Waals surface area (Å²) in [6, 6.07) is 5.67. The molecule has 0 aliphatic carbocycles. The van der Waals surface area contributed by atoms with Crippen molar-refractivity contribution in [2.75, 3.05) is 13.1 Å². The second kappa shape index (κ2) is 6.57. The number of hydrogen-bond acceptors (Lipinski definition) is 5. The van der Waals surface area contributed by atoms with Crippen LogP contribution in [0.25, 0.3) is 10.9 Å². The number of fused-ring (bicyclic) bond motifs is 1. The lowest BCUT2D eigenvalue weighted by Crippen LogP contribution is -2.38. The summed E-state index contributed by atoms with van der Waals surface area (Å²) in [5.74, 6) is 1.44. The van der Waals surface area contributed by atoms with E-state index in [0.717, 1.165) is 38.2 Å². The molecule has 4 heterocycles. The van der Waals surface area contributed by atoms with Crippen molar-refractivity contribution in [3.8, 4) is 0 Å². The first kappa shape index (κ1) is 15.1. The molecular formula is C18H20N4O2. The first-order valence-corrected chi connectivity index (χ1v) is 8.33. The maximum atomic E-state index is 12.6. The van der Waals surface area contributed by atoms with Crippen LogP contribution in [0.1, 0.15) is 18.6 Å². The average Bonchev–Trinajstić information content (AvgIpc) is 3.11. The van der Waals surface area contributed by atoms with E-state index in [1.807, 2.05) is 12.1 Å². The molecule has 124 valence electrons. The van der Waals surface area contributed by atoms with Crippen LogP contribution in [-0.2, 0) is 13.1 Å². The minimum Gasteiger partial charge on any atom is -0.468 e. The highest BCUT2D eigenvalue weighted by atomic mass is 16.3. The van der Waals surface area contributed by atoms with Crippen LogP contribution in [-0.4, -0.2) is 32.5 Å². The minimum atomic E-state index is 0.0190. The van der Waals surface area contributed by atoms with Gasteiger partial charge in [0.1, 0.15) is 5.76 Å². The van der Waals surface area contributed by atoms with Gasteiger partial charge < -0.3 is 4.42 Å². The first-order valence-electron chi connectivity index (χ1n) is 8.33. The zero-order chi connectivity index (χ0) is 16.4. The standard InChI is InChI=1S/C18H20N4O2/c23-18-16-5-6-19-9-17(16)20-13-22(18)11-14-3-1-7-21(10-14)12-15-4-2-8-24-15/h2,4-6,8-9,13-14H,1,3,7,10-12H2/t14-/m0/s1. The van der Waals surface area contributed by atoms with Crippen molar-refractivity contribution in [2.24, 2.45) is 5.92 Å². The van der Waals surface area contributed by atoms with Gasteiger partial charge in [-0.1, -0.05) is 0 Å². The Balaban J connectivity index is 1.48. The topological polar surface area (TPSA) is 64.2 Å². The number of rotatable bonds is 4. The molecule has 4 rings (SSSR count). The van der Waals surface area contributed by atoms with Crippen LogP contribution < -0.4 is 5.56 Å². The highest BCUT2D eigenvalue weighted by Crippen LogP contribution is 2.20. The number of pyridine rings is 1. The Bertz CT molecular complexity index is 872.